The van der Waals surface area contributed by atoms with Crippen LogP contribution >= 0.6 is 0 Å². The predicted octanol–water partition coefficient (Wildman–Crippen LogP) is 1.68. The number of nitrogens with one attached hydrogen (secondary N) is 1. The number of nitrogens with two attached hydrogens (primary N) is 1. The number of rotatable bonds is 3. The summed E-state index contributed by atoms with van der Waals surface area (Å²) < 4.78 is 18.3. The second-order valence-electron chi connectivity index (χ2n) is 3.32. The molecular formula is C11H12FN3O. The zero-order chi connectivity index (χ0) is 11.5. The Morgan fingerprint density at radius 2 is 2.31 bits per heavy atom. The summed E-state index contributed by atoms with van der Waals surface area (Å²) in [7, 11) is 1.43. The number of aromatic nitrogens is 2. The Labute approximate surface area is 92.2 Å². The average Bonchev–Trinajstić information content (AvgIpc) is 2.77. The average molecular weight is 221 g/mol. The molecule has 5 heteroatoms. The quantitative estimate of drug-likeness (QED) is 0.828. The number of hydrogen-bond acceptors (Lipinski definition) is 3. The van der Waals surface area contributed by atoms with Crippen LogP contribution in [0.15, 0.2) is 24.4 Å². The molecule has 0 aliphatic carbocycles. The number of benzene rings is 1. The van der Waals surface area contributed by atoms with Gasteiger partial charge < -0.3 is 10.5 Å². The van der Waals surface area contributed by atoms with Crippen molar-refractivity contribution in [3.8, 4) is 17.0 Å². The zero-order valence-electron chi connectivity index (χ0n) is 8.83. The highest BCUT2D eigenvalue weighted by atomic mass is 19.1. The van der Waals surface area contributed by atoms with Gasteiger partial charge in [-0.25, -0.2) is 4.39 Å². The SMILES string of the molecule is COc1ccc(-c2[nH]ncc2CN)cc1F. The molecule has 1 aromatic heterocycles. The van der Waals surface area contributed by atoms with E-state index in [4.69, 9.17) is 10.5 Å². The minimum atomic E-state index is -0.405. The smallest absolute Gasteiger partial charge is 0.165 e. The molecule has 0 amide bonds. The van der Waals surface area contributed by atoms with Crippen LogP contribution < -0.4 is 10.5 Å². The van der Waals surface area contributed by atoms with Crippen LogP contribution in [0.2, 0.25) is 0 Å². The van der Waals surface area contributed by atoms with Gasteiger partial charge in [0.15, 0.2) is 11.6 Å². The van der Waals surface area contributed by atoms with Crippen molar-refractivity contribution in [1.29, 1.82) is 0 Å². The molecule has 4 nitrogen and oxygen atoms in total. The van der Waals surface area contributed by atoms with E-state index in [0.29, 0.717) is 12.1 Å². The van der Waals surface area contributed by atoms with E-state index in [1.165, 1.54) is 13.2 Å². The van der Waals surface area contributed by atoms with Crippen molar-refractivity contribution in [2.75, 3.05) is 7.11 Å². The van der Waals surface area contributed by atoms with Crippen molar-refractivity contribution < 1.29 is 9.13 Å². The van der Waals surface area contributed by atoms with Crippen LogP contribution in [0.3, 0.4) is 0 Å². The van der Waals surface area contributed by atoms with E-state index in [9.17, 15) is 4.39 Å². The van der Waals surface area contributed by atoms with Gasteiger partial charge in [-0.2, -0.15) is 5.10 Å². The van der Waals surface area contributed by atoms with Gasteiger partial charge >= 0.3 is 0 Å². The van der Waals surface area contributed by atoms with Gasteiger partial charge in [0, 0.05) is 17.7 Å². The Kier molecular flexibility index (Phi) is 2.87. The molecule has 84 valence electrons. The summed E-state index contributed by atoms with van der Waals surface area (Å²) in [4.78, 5) is 0. The van der Waals surface area contributed by atoms with Crippen molar-refractivity contribution in [2.45, 2.75) is 6.54 Å². The first-order valence-corrected chi connectivity index (χ1v) is 4.82. The Bertz CT molecular complexity index is 496. The molecule has 0 spiro atoms. The van der Waals surface area contributed by atoms with Gasteiger partial charge in [0.2, 0.25) is 0 Å². The first-order valence-electron chi connectivity index (χ1n) is 4.82. The molecule has 1 heterocycles. The Hall–Kier alpha value is -1.88. The molecule has 0 unspecified atom stereocenters. The Morgan fingerprint density at radius 3 is 2.94 bits per heavy atom. The topological polar surface area (TPSA) is 63.9 Å². The monoisotopic (exact) mass is 221 g/mol. The van der Waals surface area contributed by atoms with E-state index in [1.807, 2.05) is 0 Å². The molecule has 2 rings (SSSR count). The molecule has 0 aliphatic rings. The fourth-order valence-corrected chi connectivity index (χ4v) is 1.54. The molecule has 0 saturated carbocycles. The van der Waals surface area contributed by atoms with Gasteiger partial charge in [0.25, 0.3) is 0 Å². The fourth-order valence-electron chi connectivity index (χ4n) is 1.54. The molecule has 0 atom stereocenters. The minimum Gasteiger partial charge on any atom is -0.494 e. The summed E-state index contributed by atoms with van der Waals surface area (Å²) in [6.45, 7) is 0.361. The van der Waals surface area contributed by atoms with Crippen LogP contribution in [0.1, 0.15) is 5.56 Å². The van der Waals surface area contributed by atoms with Crippen molar-refractivity contribution in [2.24, 2.45) is 5.73 Å². The first kappa shape index (κ1) is 10.6. The maximum atomic E-state index is 13.5. The van der Waals surface area contributed by atoms with Gasteiger partial charge in [-0.05, 0) is 18.2 Å². The fraction of sp³-hybridized carbons (Fsp3) is 0.182. The largest absolute Gasteiger partial charge is 0.494 e. The molecule has 0 bridgehead atoms. The molecule has 1 aromatic carbocycles. The summed E-state index contributed by atoms with van der Waals surface area (Å²) in [5.41, 5.74) is 7.84. The van der Waals surface area contributed by atoms with Gasteiger partial charge in [-0.3, -0.25) is 5.10 Å². The van der Waals surface area contributed by atoms with Crippen LogP contribution in [0, 0.1) is 5.82 Å². The third kappa shape index (κ3) is 1.77. The molecule has 2 aromatic rings. The summed E-state index contributed by atoms with van der Waals surface area (Å²) in [6, 6.07) is 4.73. The lowest BCUT2D eigenvalue weighted by atomic mass is 10.1. The van der Waals surface area contributed by atoms with Gasteiger partial charge in [0.1, 0.15) is 0 Å². The second kappa shape index (κ2) is 4.32. The Morgan fingerprint density at radius 1 is 1.50 bits per heavy atom. The number of ether oxygens (including phenoxy) is 1. The summed E-state index contributed by atoms with van der Waals surface area (Å²) in [5, 5.41) is 6.68. The van der Waals surface area contributed by atoms with E-state index in [0.717, 1.165) is 11.3 Å². The van der Waals surface area contributed by atoms with Crippen molar-refractivity contribution in [3.05, 3.63) is 35.8 Å². The normalized spacial score (nSPS) is 10.4. The molecular weight excluding hydrogens is 209 g/mol. The summed E-state index contributed by atoms with van der Waals surface area (Å²) in [6.07, 6.45) is 1.64. The highest BCUT2D eigenvalue weighted by molar-refractivity contribution is 5.63. The number of methoxy groups -OCH3 is 1. The van der Waals surface area contributed by atoms with Crippen molar-refractivity contribution in [1.82, 2.24) is 10.2 Å². The molecule has 3 N–H and O–H groups in total. The molecule has 0 radical (unpaired) electrons. The van der Waals surface area contributed by atoms with Crippen LogP contribution in [-0.4, -0.2) is 17.3 Å². The zero-order valence-corrected chi connectivity index (χ0v) is 8.83. The number of nitrogens with zero attached hydrogens (tertiary/aromatic N) is 1. The third-order valence-corrected chi connectivity index (χ3v) is 2.38. The number of H-pyrrole nitrogens is 1. The standard InChI is InChI=1S/C11H12FN3O/c1-16-10-3-2-7(4-9(10)12)11-8(5-13)6-14-15-11/h2-4,6H,5,13H2,1H3,(H,14,15). The molecule has 0 saturated heterocycles. The number of hydrogen-bond donors (Lipinski definition) is 2. The number of aromatic amines is 1. The van der Waals surface area contributed by atoms with Crippen molar-refractivity contribution >= 4 is 0 Å². The Balaban J connectivity index is 2.45. The summed E-state index contributed by atoms with van der Waals surface area (Å²) in [5.74, 6) is -0.185. The van der Waals surface area contributed by atoms with Crippen LogP contribution in [0.5, 0.6) is 5.75 Å². The van der Waals surface area contributed by atoms with E-state index in [-0.39, 0.29) is 5.75 Å². The van der Waals surface area contributed by atoms with E-state index < -0.39 is 5.82 Å². The summed E-state index contributed by atoms with van der Waals surface area (Å²) >= 11 is 0. The van der Waals surface area contributed by atoms with Gasteiger partial charge in [0.05, 0.1) is 19.0 Å². The lowest BCUT2D eigenvalue weighted by Gasteiger charge is -2.05. The van der Waals surface area contributed by atoms with Crippen molar-refractivity contribution in [3.63, 3.8) is 0 Å². The molecule has 0 fully saturated rings. The van der Waals surface area contributed by atoms with Gasteiger partial charge in [-0.15, -0.1) is 0 Å². The second-order valence-corrected chi connectivity index (χ2v) is 3.32. The van der Waals surface area contributed by atoms with Crippen LogP contribution in [-0.2, 0) is 6.54 Å². The van der Waals surface area contributed by atoms with Gasteiger partial charge in [-0.1, -0.05) is 0 Å². The van der Waals surface area contributed by atoms with Crippen LogP contribution in [0.25, 0.3) is 11.3 Å². The predicted molar refractivity (Wildman–Crippen MR) is 58.4 cm³/mol. The third-order valence-electron chi connectivity index (χ3n) is 2.38. The number of halogens is 1. The first-order chi connectivity index (χ1) is 7.76. The molecule has 0 aliphatic heterocycles. The molecule has 16 heavy (non-hydrogen) atoms. The minimum absolute atomic E-state index is 0.220. The highest BCUT2D eigenvalue weighted by Gasteiger charge is 2.09. The van der Waals surface area contributed by atoms with Crippen LogP contribution in [0.4, 0.5) is 4.39 Å². The lowest BCUT2D eigenvalue weighted by Crippen LogP contribution is -1.97. The van der Waals surface area contributed by atoms with E-state index in [2.05, 4.69) is 10.2 Å². The van der Waals surface area contributed by atoms with E-state index in [1.54, 1.807) is 18.3 Å². The lowest BCUT2D eigenvalue weighted by molar-refractivity contribution is 0.386. The maximum absolute atomic E-state index is 13.5. The van der Waals surface area contributed by atoms with E-state index >= 15 is 0 Å². The maximum Gasteiger partial charge on any atom is 0.165 e. The highest BCUT2D eigenvalue weighted by Crippen LogP contribution is 2.26.